The monoisotopic (exact) mass is 449 g/mol. The number of carbonyl (C=O) groups is 1. The number of methoxy groups -OCH3 is 1. The molecule has 1 aliphatic rings. The van der Waals surface area contributed by atoms with E-state index in [1.165, 1.54) is 0 Å². The van der Waals surface area contributed by atoms with Crippen LogP contribution in [0, 0.1) is 0 Å². The quantitative estimate of drug-likeness (QED) is 0.393. The third kappa shape index (κ3) is 5.51. The summed E-state index contributed by atoms with van der Waals surface area (Å²) in [6.07, 6.45) is 0.974. The van der Waals surface area contributed by atoms with Gasteiger partial charge in [-0.1, -0.05) is 24.3 Å². The number of hydrogen-bond acceptors (Lipinski definition) is 8. The molecule has 0 aliphatic carbocycles. The molecule has 4 rings (SSSR count). The van der Waals surface area contributed by atoms with E-state index in [0.29, 0.717) is 12.4 Å². The summed E-state index contributed by atoms with van der Waals surface area (Å²) < 4.78 is 10.6. The van der Waals surface area contributed by atoms with Gasteiger partial charge in [0.2, 0.25) is 5.82 Å². The Bertz CT molecular complexity index is 1080. The summed E-state index contributed by atoms with van der Waals surface area (Å²) in [4.78, 5) is 25.8. The van der Waals surface area contributed by atoms with Gasteiger partial charge < -0.3 is 19.7 Å². The van der Waals surface area contributed by atoms with Crippen LogP contribution in [0.3, 0.4) is 0 Å². The molecular weight excluding hydrogens is 418 g/mol. The Labute approximate surface area is 194 Å². The fourth-order valence-corrected chi connectivity index (χ4v) is 4.11. The largest absolute Gasteiger partial charge is 0.495 e. The number of ether oxygens (including phenoxy) is 2. The van der Waals surface area contributed by atoms with E-state index in [9.17, 15) is 4.79 Å². The first-order valence-corrected chi connectivity index (χ1v) is 11.5. The molecule has 3 aromatic rings. The number of fused-ring (bicyclic) bond motifs is 1. The average Bonchev–Trinajstić information content (AvgIpc) is 2.87. The number of piperazine rings is 1. The van der Waals surface area contributed by atoms with E-state index in [2.05, 4.69) is 37.2 Å². The maximum absolute atomic E-state index is 12.2. The molecule has 0 saturated carbocycles. The summed E-state index contributed by atoms with van der Waals surface area (Å²) in [5.41, 5.74) is 1.89. The number of aromatic nitrogens is 2. The summed E-state index contributed by atoms with van der Waals surface area (Å²) in [6, 6.07) is 15.9. The number of benzene rings is 2. The van der Waals surface area contributed by atoms with Crippen LogP contribution in [0.5, 0.6) is 5.75 Å². The fourth-order valence-electron chi connectivity index (χ4n) is 4.11. The molecule has 0 unspecified atom stereocenters. The number of nitrogens with zero attached hydrogens (tertiary/aromatic N) is 4. The lowest BCUT2D eigenvalue weighted by Crippen LogP contribution is -2.46. The van der Waals surface area contributed by atoms with Crippen molar-refractivity contribution in [1.29, 1.82) is 0 Å². The molecule has 2 heterocycles. The summed E-state index contributed by atoms with van der Waals surface area (Å²) >= 11 is 0. The third-order valence-corrected chi connectivity index (χ3v) is 5.80. The molecule has 33 heavy (non-hydrogen) atoms. The van der Waals surface area contributed by atoms with Gasteiger partial charge in [0.15, 0.2) is 0 Å². The minimum absolute atomic E-state index is 0.0884. The van der Waals surface area contributed by atoms with Gasteiger partial charge in [0.25, 0.3) is 0 Å². The molecule has 0 radical (unpaired) electrons. The Hall–Kier alpha value is -3.39. The van der Waals surface area contributed by atoms with Crippen LogP contribution in [0.1, 0.15) is 24.0 Å². The second-order valence-electron chi connectivity index (χ2n) is 7.91. The van der Waals surface area contributed by atoms with Gasteiger partial charge in [-0.05, 0) is 44.2 Å². The van der Waals surface area contributed by atoms with Gasteiger partial charge in [0.05, 0.1) is 24.9 Å². The van der Waals surface area contributed by atoms with Crippen molar-refractivity contribution in [3.8, 4) is 5.75 Å². The number of nitrogens with one attached hydrogen (secondary N) is 1. The van der Waals surface area contributed by atoms with Crippen molar-refractivity contribution in [2.75, 3.05) is 63.2 Å². The zero-order chi connectivity index (χ0) is 23.0. The van der Waals surface area contributed by atoms with E-state index in [1.54, 1.807) is 14.0 Å². The first kappa shape index (κ1) is 22.8. The van der Waals surface area contributed by atoms with Crippen molar-refractivity contribution in [3.05, 3.63) is 54.4 Å². The highest BCUT2D eigenvalue weighted by atomic mass is 16.5. The Morgan fingerprint density at radius 2 is 1.79 bits per heavy atom. The lowest BCUT2D eigenvalue weighted by Gasteiger charge is -2.36. The van der Waals surface area contributed by atoms with Crippen molar-refractivity contribution in [3.63, 3.8) is 0 Å². The van der Waals surface area contributed by atoms with Gasteiger partial charge in [0, 0.05) is 38.1 Å². The average molecular weight is 450 g/mol. The normalized spacial score (nSPS) is 14.3. The molecule has 0 atom stereocenters. The topological polar surface area (TPSA) is 79.8 Å². The van der Waals surface area contributed by atoms with E-state index in [4.69, 9.17) is 9.47 Å². The van der Waals surface area contributed by atoms with Crippen molar-refractivity contribution in [2.45, 2.75) is 13.3 Å². The molecular formula is C25H31N5O3. The number of carbonyl (C=O) groups excluding carboxylic acids is 1. The van der Waals surface area contributed by atoms with Crippen LogP contribution in [0.25, 0.3) is 10.9 Å². The fraction of sp³-hybridized carbons (Fsp3) is 0.400. The number of para-hydroxylation sites is 3. The lowest BCUT2D eigenvalue weighted by molar-refractivity contribution is 0.0512. The standard InChI is InChI=1S/C25H31N5O3/c1-3-33-25(31)24-27-20-10-5-4-9-19(20)23(28-24)26-13-8-14-29-15-17-30(18-16-29)21-11-6-7-12-22(21)32-2/h4-7,9-12H,3,8,13-18H2,1-2H3,(H,26,27,28). The van der Waals surface area contributed by atoms with E-state index < -0.39 is 5.97 Å². The Balaban J connectivity index is 1.30. The van der Waals surface area contributed by atoms with Crippen LogP contribution >= 0.6 is 0 Å². The summed E-state index contributed by atoms with van der Waals surface area (Å²) in [6.45, 7) is 7.82. The molecule has 0 spiro atoms. The van der Waals surface area contributed by atoms with Gasteiger partial charge in [0.1, 0.15) is 11.6 Å². The number of hydrogen-bond donors (Lipinski definition) is 1. The van der Waals surface area contributed by atoms with Crippen LogP contribution in [0.15, 0.2) is 48.5 Å². The molecule has 1 N–H and O–H groups in total. The molecule has 0 bridgehead atoms. The Morgan fingerprint density at radius 1 is 1.03 bits per heavy atom. The van der Waals surface area contributed by atoms with E-state index in [1.807, 2.05) is 36.4 Å². The van der Waals surface area contributed by atoms with Crippen molar-refractivity contribution >= 4 is 28.4 Å². The molecule has 8 nitrogen and oxygen atoms in total. The second-order valence-corrected chi connectivity index (χ2v) is 7.91. The summed E-state index contributed by atoms with van der Waals surface area (Å²) in [7, 11) is 1.72. The first-order valence-electron chi connectivity index (χ1n) is 11.5. The van der Waals surface area contributed by atoms with E-state index in [0.717, 1.165) is 68.0 Å². The molecule has 174 valence electrons. The number of rotatable bonds is 9. The zero-order valence-electron chi connectivity index (χ0n) is 19.3. The van der Waals surface area contributed by atoms with Crippen LogP contribution in [0.2, 0.25) is 0 Å². The minimum Gasteiger partial charge on any atom is -0.495 e. The van der Waals surface area contributed by atoms with Gasteiger partial charge in [-0.2, -0.15) is 0 Å². The van der Waals surface area contributed by atoms with Crippen molar-refractivity contribution in [1.82, 2.24) is 14.9 Å². The van der Waals surface area contributed by atoms with Gasteiger partial charge in [-0.3, -0.25) is 4.90 Å². The smallest absolute Gasteiger partial charge is 0.376 e. The van der Waals surface area contributed by atoms with Crippen LogP contribution < -0.4 is 15.0 Å². The Morgan fingerprint density at radius 3 is 2.58 bits per heavy atom. The number of anilines is 2. The van der Waals surface area contributed by atoms with E-state index in [-0.39, 0.29) is 5.82 Å². The van der Waals surface area contributed by atoms with Gasteiger partial charge in [-0.15, -0.1) is 0 Å². The summed E-state index contributed by atoms with van der Waals surface area (Å²) in [5, 5.41) is 4.30. The number of esters is 1. The molecule has 0 amide bonds. The van der Waals surface area contributed by atoms with Crippen molar-refractivity contribution in [2.24, 2.45) is 0 Å². The molecule has 1 saturated heterocycles. The maximum atomic E-state index is 12.2. The van der Waals surface area contributed by atoms with Crippen molar-refractivity contribution < 1.29 is 14.3 Å². The third-order valence-electron chi connectivity index (χ3n) is 5.80. The molecule has 1 aromatic heterocycles. The lowest BCUT2D eigenvalue weighted by atomic mass is 10.2. The minimum atomic E-state index is -0.501. The first-order chi connectivity index (χ1) is 16.2. The highest BCUT2D eigenvalue weighted by Gasteiger charge is 2.19. The summed E-state index contributed by atoms with van der Waals surface area (Å²) in [5.74, 6) is 1.18. The van der Waals surface area contributed by atoms with E-state index >= 15 is 0 Å². The van der Waals surface area contributed by atoms with Gasteiger partial charge in [-0.25, -0.2) is 14.8 Å². The predicted molar refractivity (Wildman–Crippen MR) is 130 cm³/mol. The highest BCUT2D eigenvalue weighted by Crippen LogP contribution is 2.28. The van der Waals surface area contributed by atoms with Gasteiger partial charge >= 0.3 is 5.97 Å². The second kappa shape index (κ2) is 11.0. The molecule has 1 fully saturated rings. The van der Waals surface area contributed by atoms with Crippen LogP contribution in [-0.2, 0) is 4.74 Å². The van der Waals surface area contributed by atoms with Crippen LogP contribution in [-0.4, -0.2) is 73.8 Å². The zero-order valence-corrected chi connectivity index (χ0v) is 19.3. The molecule has 8 heteroatoms. The molecule has 1 aliphatic heterocycles. The van der Waals surface area contributed by atoms with Crippen LogP contribution in [0.4, 0.5) is 11.5 Å². The molecule has 2 aromatic carbocycles. The Kier molecular flexibility index (Phi) is 7.57. The predicted octanol–water partition coefficient (Wildman–Crippen LogP) is 3.44. The SMILES string of the molecule is CCOC(=O)c1nc(NCCCN2CCN(c3ccccc3OC)CC2)c2ccccc2n1. The highest BCUT2D eigenvalue weighted by molar-refractivity contribution is 5.94. The maximum Gasteiger partial charge on any atom is 0.376 e.